The first-order valence-electron chi connectivity index (χ1n) is 6.80. The van der Waals surface area contributed by atoms with E-state index in [1.165, 1.54) is 42.3 Å². The number of benzene rings is 2. The summed E-state index contributed by atoms with van der Waals surface area (Å²) in [5.41, 5.74) is 7.68. The molecular weight excluding hydrogens is 220 g/mol. The lowest BCUT2D eigenvalue weighted by Gasteiger charge is -2.21. The Labute approximate surface area is 108 Å². The molecule has 0 aromatic heterocycles. The second-order valence-electron chi connectivity index (χ2n) is 5.18. The van der Waals surface area contributed by atoms with E-state index in [9.17, 15) is 0 Å². The molecule has 2 N–H and O–H groups in total. The topological polar surface area (TPSA) is 29.3 Å². The fraction of sp³-hybridized carbons (Fsp3) is 0.375. The molecule has 0 radical (unpaired) electrons. The molecule has 1 saturated heterocycles. The third-order valence-corrected chi connectivity index (χ3v) is 3.88. The highest BCUT2D eigenvalue weighted by Gasteiger charge is 2.17. The van der Waals surface area contributed by atoms with Crippen LogP contribution in [0.15, 0.2) is 42.5 Å². The molecule has 2 heteroatoms. The molecule has 2 aromatic carbocycles. The van der Waals surface area contributed by atoms with Gasteiger partial charge in [-0.2, -0.15) is 0 Å². The van der Waals surface area contributed by atoms with E-state index in [0.717, 1.165) is 6.54 Å². The zero-order chi connectivity index (χ0) is 12.4. The Kier molecular flexibility index (Phi) is 3.31. The zero-order valence-electron chi connectivity index (χ0n) is 10.7. The summed E-state index contributed by atoms with van der Waals surface area (Å²) in [5, 5.41) is 2.58. The summed E-state index contributed by atoms with van der Waals surface area (Å²) in [6.07, 6.45) is 2.64. The molecule has 0 bridgehead atoms. The van der Waals surface area contributed by atoms with Crippen LogP contribution < -0.4 is 5.73 Å². The van der Waals surface area contributed by atoms with E-state index in [1.54, 1.807) is 0 Å². The van der Waals surface area contributed by atoms with Crippen molar-refractivity contribution in [1.29, 1.82) is 0 Å². The summed E-state index contributed by atoms with van der Waals surface area (Å²) in [4.78, 5) is 2.48. The van der Waals surface area contributed by atoms with Gasteiger partial charge in [0, 0.05) is 12.6 Å². The van der Waals surface area contributed by atoms with Crippen LogP contribution in [0, 0.1) is 0 Å². The van der Waals surface area contributed by atoms with Crippen LogP contribution in [0.4, 0.5) is 0 Å². The number of fused-ring (bicyclic) bond motifs is 1. The summed E-state index contributed by atoms with van der Waals surface area (Å²) in [7, 11) is 0. The van der Waals surface area contributed by atoms with Gasteiger partial charge >= 0.3 is 0 Å². The lowest BCUT2D eigenvalue weighted by atomic mass is 9.99. The van der Waals surface area contributed by atoms with Crippen molar-refractivity contribution in [2.75, 3.05) is 19.6 Å². The Morgan fingerprint density at radius 1 is 1.00 bits per heavy atom. The van der Waals surface area contributed by atoms with Crippen molar-refractivity contribution in [1.82, 2.24) is 4.90 Å². The van der Waals surface area contributed by atoms with Crippen molar-refractivity contribution in [2.45, 2.75) is 18.9 Å². The molecule has 0 amide bonds. The van der Waals surface area contributed by atoms with Crippen molar-refractivity contribution in [3.63, 3.8) is 0 Å². The van der Waals surface area contributed by atoms with E-state index in [1.807, 2.05) is 0 Å². The average molecular weight is 240 g/mol. The predicted octanol–water partition coefficient (Wildman–Crippen LogP) is 2.94. The maximum Gasteiger partial charge on any atom is 0.0430 e. The van der Waals surface area contributed by atoms with E-state index in [4.69, 9.17) is 5.73 Å². The molecule has 1 heterocycles. The quantitative estimate of drug-likeness (QED) is 0.893. The van der Waals surface area contributed by atoms with E-state index >= 15 is 0 Å². The molecule has 94 valence electrons. The zero-order valence-corrected chi connectivity index (χ0v) is 10.7. The fourth-order valence-corrected chi connectivity index (χ4v) is 2.92. The van der Waals surface area contributed by atoms with Crippen molar-refractivity contribution in [3.8, 4) is 0 Å². The van der Waals surface area contributed by atoms with E-state index in [2.05, 4.69) is 47.4 Å². The minimum Gasteiger partial charge on any atom is -0.323 e. The van der Waals surface area contributed by atoms with Crippen LogP contribution in [0.5, 0.6) is 0 Å². The highest BCUT2D eigenvalue weighted by Crippen LogP contribution is 2.24. The van der Waals surface area contributed by atoms with Crippen LogP contribution in [0.25, 0.3) is 10.8 Å². The first-order chi connectivity index (χ1) is 8.84. The Morgan fingerprint density at radius 2 is 1.72 bits per heavy atom. The Morgan fingerprint density at radius 3 is 2.56 bits per heavy atom. The predicted molar refractivity (Wildman–Crippen MR) is 76.6 cm³/mol. The maximum absolute atomic E-state index is 6.40. The van der Waals surface area contributed by atoms with Crippen molar-refractivity contribution < 1.29 is 0 Å². The van der Waals surface area contributed by atoms with Crippen molar-refractivity contribution in [3.05, 3.63) is 48.0 Å². The summed E-state index contributed by atoms with van der Waals surface area (Å²) >= 11 is 0. The first-order valence-corrected chi connectivity index (χ1v) is 6.80. The van der Waals surface area contributed by atoms with Gasteiger partial charge in [-0.15, -0.1) is 0 Å². The van der Waals surface area contributed by atoms with Gasteiger partial charge in [-0.3, -0.25) is 0 Å². The minimum atomic E-state index is 0.120. The van der Waals surface area contributed by atoms with Crippen LogP contribution in [0.1, 0.15) is 24.4 Å². The SMILES string of the molecule is NC(CN1CCCC1)c1cccc2ccccc12. The number of hydrogen-bond acceptors (Lipinski definition) is 2. The first kappa shape index (κ1) is 11.7. The maximum atomic E-state index is 6.40. The lowest BCUT2D eigenvalue weighted by molar-refractivity contribution is 0.316. The molecule has 0 aliphatic carbocycles. The Balaban J connectivity index is 1.88. The molecule has 0 spiro atoms. The molecule has 2 nitrogen and oxygen atoms in total. The van der Waals surface area contributed by atoms with Crippen LogP contribution >= 0.6 is 0 Å². The van der Waals surface area contributed by atoms with Gasteiger partial charge in [-0.25, -0.2) is 0 Å². The molecule has 1 atom stereocenters. The largest absolute Gasteiger partial charge is 0.323 e. The van der Waals surface area contributed by atoms with Gasteiger partial charge in [0.05, 0.1) is 0 Å². The number of likely N-dealkylation sites (tertiary alicyclic amines) is 1. The van der Waals surface area contributed by atoms with E-state index < -0.39 is 0 Å². The van der Waals surface area contributed by atoms with Gasteiger partial charge in [0.2, 0.25) is 0 Å². The third kappa shape index (κ3) is 2.26. The highest BCUT2D eigenvalue weighted by atomic mass is 15.1. The van der Waals surface area contributed by atoms with Gasteiger partial charge in [0.15, 0.2) is 0 Å². The van der Waals surface area contributed by atoms with Gasteiger partial charge in [-0.1, -0.05) is 42.5 Å². The molecule has 1 aliphatic heterocycles. The van der Waals surface area contributed by atoms with Crippen LogP contribution in [0.2, 0.25) is 0 Å². The monoisotopic (exact) mass is 240 g/mol. The smallest absolute Gasteiger partial charge is 0.0430 e. The summed E-state index contributed by atoms with van der Waals surface area (Å²) < 4.78 is 0. The van der Waals surface area contributed by atoms with Gasteiger partial charge < -0.3 is 10.6 Å². The number of nitrogens with zero attached hydrogens (tertiary/aromatic N) is 1. The Bertz CT molecular complexity index is 524. The average Bonchev–Trinajstić information content (AvgIpc) is 2.91. The fourth-order valence-electron chi connectivity index (χ4n) is 2.92. The van der Waals surface area contributed by atoms with E-state index in [-0.39, 0.29) is 6.04 Å². The van der Waals surface area contributed by atoms with Crippen molar-refractivity contribution >= 4 is 10.8 Å². The molecular formula is C16H20N2. The molecule has 2 aromatic rings. The summed E-state index contributed by atoms with van der Waals surface area (Å²) in [6.45, 7) is 3.39. The molecule has 3 rings (SSSR count). The van der Waals surface area contributed by atoms with Crippen LogP contribution in [-0.2, 0) is 0 Å². The third-order valence-electron chi connectivity index (χ3n) is 3.88. The number of hydrogen-bond donors (Lipinski definition) is 1. The molecule has 1 fully saturated rings. The van der Waals surface area contributed by atoms with Gasteiger partial charge in [0.1, 0.15) is 0 Å². The number of rotatable bonds is 3. The Hall–Kier alpha value is -1.38. The summed E-state index contributed by atoms with van der Waals surface area (Å²) in [6, 6.07) is 15.1. The second-order valence-corrected chi connectivity index (χ2v) is 5.18. The molecule has 18 heavy (non-hydrogen) atoms. The normalized spacial score (nSPS) is 18.3. The standard InChI is InChI=1S/C16H20N2/c17-16(12-18-10-3-4-11-18)15-9-5-7-13-6-1-2-8-14(13)15/h1-2,5-9,16H,3-4,10-12,17H2. The lowest BCUT2D eigenvalue weighted by Crippen LogP contribution is -2.29. The van der Waals surface area contributed by atoms with Gasteiger partial charge in [-0.05, 0) is 42.3 Å². The molecule has 1 aliphatic rings. The number of nitrogens with two attached hydrogens (primary N) is 1. The van der Waals surface area contributed by atoms with Crippen LogP contribution in [-0.4, -0.2) is 24.5 Å². The summed E-state index contributed by atoms with van der Waals surface area (Å²) in [5.74, 6) is 0. The molecule has 0 saturated carbocycles. The van der Waals surface area contributed by atoms with Crippen LogP contribution in [0.3, 0.4) is 0 Å². The van der Waals surface area contributed by atoms with Gasteiger partial charge in [0.25, 0.3) is 0 Å². The van der Waals surface area contributed by atoms with Crippen molar-refractivity contribution in [2.24, 2.45) is 5.73 Å². The highest BCUT2D eigenvalue weighted by molar-refractivity contribution is 5.86. The second kappa shape index (κ2) is 5.09. The molecule has 1 unspecified atom stereocenters. The minimum absolute atomic E-state index is 0.120. The van der Waals surface area contributed by atoms with E-state index in [0.29, 0.717) is 0 Å².